The number of nitrogens with zero attached hydrogens (tertiary/aromatic N) is 3. The Morgan fingerprint density at radius 1 is 1.23 bits per heavy atom. The van der Waals surface area contributed by atoms with Crippen LogP contribution in [0.2, 0.25) is 0 Å². The number of pyridine rings is 1. The van der Waals surface area contributed by atoms with E-state index < -0.39 is 5.82 Å². The molecule has 5 rings (SSSR count). The highest BCUT2D eigenvalue weighted by Crippen LogP contribution is 2.38. The van der Waals surface area contributed by atoms with Crippen molar-refractivity contribution in [3.05, 3.63) is 78.0 Å². The summed E-state index contributed by atoms with van der Waals surface area (Å²) in [5.74, 6) is -0.383. The summed E-state index contributed by atoms with van der Waals surface area (Å²) in [6, 6.07) is 14.0. The lowest BCUT2D eigenvalue weighted by molar-refractivity contribution is 0.0783. The molecule has 4 aromatic rings. The number of aromatic amines is 1. The molecule has 0 atom stereocenters. The van der Waals surface area contributed by atoms with Crippen molar-refractivity contribution in [1.82, 2.24) is 20.1 Å². The molecule has 6 nitrogen and oxygen atoms in total. The SMILES string of the molecule is CN(Cc1nccc2cn[nH]c12)C(=O)c1cc(F)c(-c2ccccc2)c(OC2CC2)c1. The molecule has 1 aliphatic carbocycles. The van der Waals surface area contributed by atoms with Crippen LogP contribution in [0, 0.1) is 5.82 Å². The van der Waals surface area contributed by atoms with Crippen molar-refractivity contribution in [2.45, 2.75) is 25.5 Å². The van der Waals surface area contributed by atoms with Crippen molar-refractivity contribution in [1.29, 1.82) is 0 Å². The quantitative estimate of drug-likeness (QED) is 0.500. The number of ether oxygens (including phenoxy) is 1. The van der Waals surface area contributed by atoms with Gasteiger partial charge in [0.15, 0.2) is 0 Å². The topological polar surface area (TPSA) is 71.1 Å². The molecule has 2 heterocycles. The molecular weight excluding hydrogens is 395 g/mol. The Bertz CT molecular complexity index is 1250. The molecule has 0 bridgehead atoms. The average Bonchev–Trinajstić information content (AvgIpc) is 3.45. The first-order valence-electron chi connectivity index (χ1n) is 10.2. The van der Waals surface area contributed by atoms with Gasteiger partial charge < -0.3 is 9.64 Å². The highest BCUT2D eigenvalue weighted by atomic mass is 19.1. The number of nitrogens with one attached hydrogen (secondary N) is 1. The zero-order valence-corrected chi connectivity index (χ0v) is 17.0. The summed E-state index contributed by atoms with van der Waals surface area (Å²) < 4.78 is 21.2. The number of carbonyl (C=O) groups excluding carboxylic acids is 1. The number of hydrogen-bond donors (Lipinski definition) is 1. The lowest BCUT2D eigenvalue weighted by atomic mass is 10.0. The van der Waals surface area contributed by atoms with Crippen LogP contribution in [0.1, 0.15) is 28.9 Å². The van der Waals surface area contributed by atoms with Gasteiger partial charge in [-0.15, -0.1) is 0 Å². The van der Waals surface area contributed by atoms with E-state index in [0.717, 1.165) is 29.3 Å². The summed E-state index contributed by atoms with van der Waals surface area (Å²) in [5, 5.41) is 7.87. The van der Waals surface area contributed by atoms with Crippen LogP contribution in [0.5, 0.6) is 5.75 Å². The molecule has 7 heteroatoms. The second-order valence-corrected chi connectivity index (χ2v) is 7.77. The van der Waals surface area contributed by atoms with Crippen molar-refractivity contribution >= 4 is 16.8 Å². The first-order chi connectivity index (χ1) is 15.1. The van der Waals surface area contributed by atoms with Gasteiger partial charge in [0.05, 0.1) is 35.6 Å². The van der Waals surface area contributed by atoms with Crippen LogP contribution >= 0.6 is 0 Å². The van der Waals surface area contributed by atoms with Crippen LogP contribution in [0.3, 0.4) is 0 Å². The van der Waals surface area contributed by atoms with Crippen molar-refractivity contribution < 1.29 is 13.9 Å². The van der Waals surface area contributed by atoms with Gasteiger partial charge in [-0.05, 0) is 36.6 Å². The predicted octanol–water partition coefficient (Wildman–Crippen LogP) is 4.58. The number of H-pyrrole nitrogens is 1. The minimum absolute atomic E-state index is 0.0760. The maximum Gasteiger partial charge on any atom is 0.254 e. The third-order valence-electron chi connectivity index (χ3n) is 5.36. The molecule has 1 N–H and O–H groups in total. The molecule has 1 aliphatic rings. The molecule has 0 saturated heterocycles. The summed E-state index contributed by atoms with van der Waals surface area (Å²) in [6.45, 7) is 0.263. The molecular formula is C24H21FN4O2. The Morgan fingerprint density at radius 3 is 2.81 bits per heavy atom. The van der Waals surface area contributed by atoms with Crippen LogP contribution in [0.15, 0.2) is 60.9 Å². The fourth-order valence-corrected chi connectivity index (χ4v) is 3.61. The number of halogens is 1. The molecule has 1 amide bonds. The minimum atomic E-state index is -0.477. The van der Waals surface area contributed by atoms with Crippen LogP contribution in [0.25, 0.3) is 22.0 Å². The Kier molecular flexibility index (Phi) is 4.86. The largest absolute Gasteiger partial charge is 0.490 e. The van der Waals surface area contributed by atoms with Crippen molar-refractivity contribution in [2.75, 3.05) is 7.05 Å². The van der Waals surface area contributed by atoms with E-state index in [1.807, 2.05) is 36.4 Å². The van der Waals surface area contributed by atoms with E-state index in [1.165, 1.54) is 11.0 Å². The molecule has 2 aromatic carbocycles. The molecule has 1 fully saturated rings. The van der Waals surface area contributed by atoms with Gasteiger partial charge in [0.25, 0.3) is 5.91 Å². The number of hydrogen-bond acceptors (Lipinski definition) is 4. The monoisotopic (exact) mass is 416 g/mol. The summed E-state index contributed by atoms with van der Waals surface area (Å²) in [5.41, 5.74) is 2.83. The number of fused-ring (bicyclic) bond motifs is 1. The summed E-state index contributed by atoms with van der Waals surface area (Å²) in [6.07, 6.45) is 5.34. The molecule has 0 aliphatic heterocycles. The van der Waals surface area contributed by atoms with Gasteiger partial charge >= 0.3 is 0 Å². The van der Waals surface area contributed by atoms with E-state index in [1.54, 1.807) is 25.5 Å². The minimum Gasteiger partial charge on any atom is -0.490 e. The van der Waals surface area contributed by atoms with Crippen LogP contribution in [-0.4, -0.2) is 39.1 Å². The Hall–Kier alpha value is -3.74. The molecule has 2 aromatic heterocycles. The van der Waals surface area contributed by atoms with E-state index in [9.17, 15) is 4.79 Å². The van der Waals surface area contributed by atoms with Gasteiger partial charge in [-0.1, -0.05) is 30.3 Å². The maximum absolute atomic E-state index is 15.2. The first-order valence-corrected chi connectivity index (χ1v) is 10.2. The Morgan fingerprint density at radius 2 is 2.03 bits per heavy atom. The molecule has 0 spiro atoms. The molecule has 1 saturated carbocycles. The zero-order valence-electron chi connectivity index (χ0n) is 17.0. The van der Waals surface area contributed by atoms with Gasteiger partial charge in [-0.2, -0.15) is 5.10 Å². The average molecular weight is 416 g/mol. The summed E-state index contributed by atoms with van der Waals surface area (Å²) in [4.78, 5) is 19.0. The summed E-state index contributed by atoms with van der Waals surface area (Å²) in [7, 11) is 1.67. The Labute approximate surface area is 178 Å². The van der Waals surface area contributed by atoms with E-state index >= 15 is 4.39 Å². The molecule has 31 heavy (non-hydrogen) atoms. The lowest BCUT2D eigenvalue weighted by Crippen LogP contribution is -2.27. The summed E-state index contributed by atoms with van der Waals surface area (Å²) >= 11 is 0. The van der Waals surface area contributed by atoms with Gasteiger partial charge in [0, 0.05) is 24.2 Å². The standard InChI is InChI=1S/C24H21FN4O2/c1-29(14-20-23-16(9-10-26-20)13-27-28-23)24(30)17-11-19(25)22(15-5-3-2-4-6-15)21(12-17)31-18-7-8-18/h2-6,9-13,18H,7-8,14H2,1H3,(H,27,28). The van der Waals surface area contributed by atoms with E-state index in [-0.39, 0.29) is 24.1 Å². The van der Waals surface area contributed by atoms with Crippen LogP contribution in [-0.2, 0) is 6.54 Å². The van der Waals surface area contributed by atoms with E-state index in [2.05, 4.69) is 15.2 Å². The van der Waals surface area contributed by atoms with Crippen LogP contribution < -0.4 is 4.74 Å². The second kappa shape index (κ2) is 7.83. The van der Waals surface area contributed by atoms with E-state index in [0.29, 0.717) is 17.0 Å². The number of amides is 1. The fraction of sp³-hybridized carbons (Fsp3) is 0.208. The maximum atomic E-state index is 15.2. The highest BCUT2D eigenvalue weighted by Gasteiger charge is 2.27. The molecule has 0 unspecified atom stereocenters. The number of aromatic nitrogens is 3. The zero-order chi connectivity index (χ0) is 21.4. The number of carbonyl (C=O) groups is 1. The van der Waals surface area contributed by atoms with Gasteiger partial charge in [0.2, 0.25) is 0 Å². The Balaban J connectivity index is 1.47. The van der Waals surface area contributed by atoms with Gasteiger partial charge in [-0.25, -0.2) is 4.39 Å². The second-order valence-electron chi connectivity index (χ2n) is 7.77. The van der Waals surface area contributed by atoms with Crippen molar-refractivity contribution in [3.8, 4) is 16.9 Å². The van der Waals surface area contributed by atoms with Crippen molar-refractivity contribution in [2.24, 2.45) is 0 Å². The number of rotatable bonds is 6. The third-order valence-corrected chi connectivity index (χ3v) is 5.36. The highest BCUT2D eigenvalue weighted by molar-refractivity contribution is 5.96. The van der Waals surface area contributed by atoms with Crippen LogP contribution in [0.4, 0.5) is 4.39 Å². The van der Waals surface area contributed by atoms with Gasteiger partial charge in [-0.3, -0.25) is 14.9 Å². The fourth-order valence-electron chi connectivity index (χ4n) is 3.61. The van der Waals surface area contributed by atoms with E-state index in [4.69, 9.17) is 4.74 Å². The van der Waals surface area contributed by atoms with Gasteiger partial charge in [0.1, 0.15) is 11.6 Å². The molecule has 156 valence electrons. The number of benzene rings is 2. The first kappa shape index (κ1) is 19.2. The molecule has 0 radical (unpaired) electrons. The third kappa shape index (κ3) is 3.86. The lowest BCUT2D eigenvalue weighted by Gasteiger charge is -2.19. The van der Waals surface area contributed by atoms with Crippen molar-refractivity contribution in [3.63, 3.8) is 0 Å². The normalized spacial score (nSPS) is 13.4. The smallest absolute Gasteiger partial charge is 0.254 e. The predicted molar refractivity (Wildman–Crippen MR) is 115 cm³/mol.